The van der Waals surface area contributed by atoms with Crippen LogP contribution in [0.3, 0.4) is 0 Å². The molecule has 1 atom stereocenters. The van der Waals surface area contributed by atoms with Crippen molar-refractivity contribution < 1.29 is 19.4 Å². The molecule has 6 heteroatoms. The van der Waals surface area contributed by atoms with Crippen molar-refractivity contribution in [3.63, 3.8) is 0 Å². The highest BCUT2D eigenvalue weighted by atomic mass is 16.5. The number of carbonyl (C=O) groups excluding carboxylic acids is 1. The van der Waals surface area contributed by atoms with E-state index in [-0.39, 0.29) is 18.6 Å². The second kappa shape index (κ2) is 7.57. The summed E-state index contributed by atoms with van der Waals surface area (Å²) in [7, 11) is 1.74. The van der Waals surface area contributed by atoms with E-state index in [2.05, 4.69) is 0 Å². The standard InChI is InChI=1S/C17H24N2O4/c1-12-4-5-13(2)15(8-12)17(22)19-6-7-23-14(10-19)9-18(3)11-16(20)21/h4-5,8,14H,6-7,9-11H2,1-3H3,(H,20,21). The second-order valence-electron chi connectivity index (χ2n) is 6.15. The van der Waals surface area contributed by atoms with Crippen molar-refractivity contribution in [2.45, 2.75) is 20.0 Å². The Morgan fingerprint density at radius 3 is 2.83 bits per heavy atom. The van der Waals surface area contributed by atoms with Crippen LogP contribution in [0.4, 0.5) is 0 Å². The van der Waals surface area contributed by atoms with Gasteiger partial charge in [-0.2, -0.15) is 0 Å². The smallest absolute Gasteiger partial charge is 0.317 e. The van der Waals surface area contributed by atoms with Gasteiger partial charge in [0.2, 0.25) is 0 Å². The highest BCUT2D eigenvalue weighted by molar-refractivity contribution is 5.95. The predicted molar refractivity (Wildman–Crippen MR) is 86.7 cm³/mol. The molecular weight excluding hydrogens is 296 g/mol. The Kier molecular flexibility index (Phi) is 5.74. The minimum Gasteiger partial charge on any atom is -0.480 e. The zero-order valence-electron chi connectivity index (χ0n) is 13.9. The third-order valence-corrected chi connectivity index (χ3v) is 3.97. The van der Waals surface area contributed by atoms with Gasteiger partial charge >= 0.3 is 5.97 Å². The fraction of sp³-hybridized carbons (Fsp3) is 0.529. The number of aliphatic carboxylic acids is 1. The van der Waals surface area contributed by atoms with E-state index < -0.39 is 5.97 Å². The van der Waals surface area contributed by atoms with Crippen LogP contribution < -0.4 is 0 Å². The van der Waals surface area contributed by atoms with E-state index in [1.165, 1.54) is 0 Å². The number of hydrogen-bond acceptors (Lipinski definition) is 4. The van der Waals surface area contributed by atoms with Crippen LogP contribution in [-0.2, 0) is 9.53 Å². The van der Waals surface area contributed by atoms with Crippen molar-refractivity contribution in [2.75, 3.05) is 39.8 Å². The fourth-order valence-corrected chi connectivity index (χ4v) is 2.79. The van der Waals surface area contributed by atoms with E-state index in [4.69, 9.17) is 9.84 Å². The average molecular weight is 320 g/mol. The van der Waals surface area contributed by atoms with Crippen LogP contribution in [0.5, 0.6) is 0 Å². The maximum atomic E-state index is 12.7. The van der Waals surface area contributed by atoms with Gasteiger partial charge in [0.1, 0.15) is 0 Å². The largest absolute Gasteiger partial charge is 0.480 e. The number of carbonyl (C=O) groups is 2. The highest BCUT2D eigenvalue weighted by Gasteiger charge is 2.27. The number of nitrogens with zero attached hydrogens (tertiary/aromatic N) is 2. The molecule has 1 aliphatic rings. The molecule has 6 nitrogen and oxygen atoms in total. The van der Waals surface area contributed by atoms with Gasteiger partial charge in [0.05, 0.1) is 19.3 Å². The molecule has 1 aliphatic heterocycles. The van der Waals surface area contributed by atoms with Gasteiger partial charge in [0.25, 0.3) is 5.91 Å². The van der Waals surface area contributed by atoms with E-state index in [1.54, 1.807) is 16.8 Å². The molecule has 1 fully saturated rings. The van der Waals surface area contributed by atoms with Gasteiger partial charge in [-0.3, -0.25) is 14.5 Å². The zero-order chi connectivity index (χ0) is 17.0. The molecule has 1 heterocycles. The molecule has 1 N–H and O–H groups in total. The lowest BCUT2D eigenvalue weighted by atomic mass is 10.0. The molecule has 2 rings (SSSR count). The summed E-state index contributed by atoms with van der Waals surface area (Å²) >= 11 is 0. The van der Waals surface area contributed by atoms with Crippen LogP contribution in [0, 0.1) is 13.8 Å². The monoisotopic (exact) mass is 320 g/mol. The van der Waals surface area contributed by atoms with Gasteiger partial charge in [-0.25, -0.2) is 0 Å². The molecule has 0 aliphatic carbocycles. The molecule has 1 aromatic carbocycles. The first-order valence-electron chi connectivity index (χ1n) is 7.75. The van der Waals surface area contributed by atoms with Crippen molar-refractivity contribution >= 4 is 11.9 Å². The summed E-state index contributed by atoms with van der Waals surface area (Å²) in [6.45, 7) is 5.88. The molecule has 1 aromatic rings. The Morgan fingerprint density at radius 2 is 2.13 bits per heavy atom. The number of hydrogen-bond donors (Lipinski definition) is 1. The van der Waals surface area contributed by atoms with E-state index in [9.17, 15) is 9.59 Å². The Labute approximate surface area is 136 Å². The normalized spacial score (nSPS) is 18.3. The quantitative estimate of drug-likeness (QED) is 0.881. The predicted octanol–water partition coefficient (Wildman–Crippen LogP) is 1.16. The second-order valence-corrected chi connectivity index (χ2v) is 6.15. The lowest BCUT2D eigenvalue weighted by molar-refractivity contribution is -0.138. The van der Waals surface area contributed by atoms with Crippen LogP contribution in [0.2, 0.25) is 0 Å². The summed E-state index contributed by atoms with van der Waals surface area (Å²) in [5.74, 6) is -0.855. The first kappa shape index (κ1) is 17.4. The molecule has 23 heavy (non-hydrogen) atoms. The van der Waals surface area contributed by atoms with E-state index in [0.717, 1.165) is 16.7 Å². The molecule has 0 aromatic heterocycles. The Morgan fingerprint density at radius 1 is 1.39 bits per heavy atom. The van der Waals surface area contributed by atoms with Crippen molar-refractivity contribution in [3.05, 3.63) is 34.9 Å². The van der Waals surface area contributed by atoms with Crippen molar-refractivity contribution in [1.82, 2.24) is 9.80 Å². The Hall–Kier alpha value is -1.92. The minimum atomic E-state index is -0.869. The number of rotatable bonds is 5. The fourth-order valence-electron chi connectivity index (χ4n) is 2.79. The van der Waals surface area contributed by atoms with Gasteiger partial charge in [-0.15, -0.1) is 0 Å². The molecule has 1 amide bonds. The molecule has 0 bridgehead atoms. The summed E-state index contributed by atoms with van der Waals surface area (Å²) < 4.78 is 5.67. The molecule has 1 saturated heterocycles. The van der Waals surface area contributed by atoms with Crippen LogP contribution >= 0.6 is 0 Å². The lowest BCUT2D eigenvalue weighted by Crippen LogP contribution is -2.49. The van der Waals surface area contributed by atoms with Crippen LogP contribution in [0.15, 0.2) is 18.2 Å². The summed E-state index contributed by atoms with van der Waals surface area (Å²) in [5, 5.41) is 8.81. The molecule has 126 valence electrons. The molecular formula is C17H24N2O4. The topological polar surface area (TPSA) is 70.1 Å². The number of morpholine rings is 1. The van der Waals surface area contributed by atoms with Crippen LogP contribution in [0.25, 0.3) is 0 Å². The molecule has 0 spiro atoms. The summed E-state index contributed by atoms with van der Waals surface area (Å²) in [5.41, 5.74) is 2.75. The number of carboxylic acid groups (broad SMARTS) is 1. The SMILES string of the molecule is Cc1ccc(C)c(C(=O)N2CCOC(CN(C)CC(=O)O)C2)c1. The first-order valence-corrected chi connectivity index (χ1v) is 7.75. The summed E-state index contributed by atoms with van der Waals surface area (Å²) in [4.78, 5) is 27.0. The number of carboxylic acids is 1. The van der Waals surface area contributed by atoms with Crippen molar-refractivity contribution in [3.8, 4) is 0 Å². The van der Waals surface area contributed by atoms with Gasteiger partial charge in [0, 0.05) is 25.2 Å². The van der Waals surface area contributed by atoms with E-state index in [0.29, 0.717) is 26.2 Å². The van der Waals surface area contributed by atoms with Crippen LogP contribution in [0.1, 0.15) is 21.5 Å². The summed E-state index contributed by atoms with van der Waals surface area (Å²) in [6, 6.07) is 5.87. The van der Waals surface area contributed by atoms with Gasteiger partial charge in [0.15, 0.2) is 0 Å². The maximum absolute atomic E-state index is 12.7. The molecule has 0 radical (unpaired) electrons. The number of ether oxygens (including phenoxy) is 1. The number of aryl methyl sites for hydroxylation is 2. The van der Waals surface area contributed by atoms with E-state index >= 15 is 0 Å². The van der Waals surface area contributed by atoms with E-state index in [1.807, 2.05) is 32.0 Å². The van der Waals surface area contributed by atoms with Crippen molar-refractivity contribution in [1.29, 1.82) is 0 Å². The third-order valence-electron chi connectivity index (χ3n) is 3.97. The molecule has 1 unspecified atom stereocenters. The zero-order valence-corrected chi connectivity index (χ0v) is 13.9. The Balaban J connectivity index is 2.01. The molecule has 0 saturated carbocycles. The van der Waals surface area contributed by atoms with Crippen LogP contribution in [-0.4, -0.2) is 72.7 Å². The first-order chi connectivity index (χ1) is 10.9. The number of likely N-dealkylation sites (N-methyl/N-ethyl adjacent to an activating group) is 1. The average Bonchev–Trinajstić information content (AvgIpc) is 2.48. The van der Waals surface area contributed by atoms with Crippen molar-refractivity contribution in [2.24, 2.45) is 0 Å². The summed E-state index contributed by atoms with van der Waals surface area (Å²) in [6.07, 6.45) is -0.165. The minimum absolute atomic E-state index is 0.0142. The highest BCUT2D eigenvalue weighted by Crippen LogP contribution is 2.16. The lowest BCUT2D eigenvalue weighted by Gasteiger charge is -2.35. The number of benzene rings is 1. The number of amides is 1. The van der Waals surface area contributed by atoms with Gasteiger partial charge in [-0.1, -0.05) is 17.7 Å². The van der Waals surface area contributed by atoms with Gasteiger partial charge in [-0.05, 0) is 32.5 Å². The third kappa shape index (κ3) is 4.77. The van der Waals surface area contributed by atoms with Gasteiger partial charge < -0.3 is 14.7 Å². The maximum Gasteiger partial charge on any atom is 0.317 e. The Bertz CT molecular complexity index is 588.